The molecule has 2 aromatic heterocycles. The first-order valence-corrected chi connectivity index (χ1v) is 8.71. The second kappa shape index (κ2) is 5.53. The summed E-state index contributed by atoms with van der Waals surface area (Å²) < 4.78 is 1.83. The summed E-state index contributed by atoms with van der Waals surface area (Å²) in [5, 5.41) is 6.15. The van der Waals surface area contributed by atoms with E-state index in [2.05, 4.69) is 49.9 Å². The van der Waals surface area contributed by atoms with E-state index in [1.54, 1.807) is 0 Å². The molecule has 0 radical (unpaired) electrons. The number of nitrogens with two attached hydrogens (primary N) is 1. The Morgan fingerprint density at radius 1 is 1.17 bits per heavy atom. The van der Waals surface area contributed by atoms with Crippen molar-refractivity contribution in [2.45, 2.75) is 38.4 Å². The van der Waals surface area contributed by atoms with Gasteiger partial charge >= 0.3 is 0 Å². The predicted molar refractivity (Wildman–Crippen MR) is 96.7 cm³/mol. The number of nitrogens with zero attached hydrogens (tertiary/aromatic N) is 4. The van der Waals surface area contributed by atoms with Crippen LogP contribution in [0.25, 0.3) is 22.3 Å². The third-order valence-electron chi connectivity index (χ3n) is 3.66. The van der Waals surface area contributed by atoms with Crippen LogP contribution >= 0.6 is 11.8 Å². The Morgan fingerprint density at radius 2 is 1.91 bits per heavy atom. The van der Waals surface area contributed by atoms with Crippen LogP contribution in [0.15, 0.2) is 29.4 Å². The Labute approximate surface area is 140 Å². The molecule has 5 nitrogen and oxygen atoms in total. The van der Waals surface area contributed by atoms with Crippen LogP contribution in [0.1, 0.15) is 26.3 Å². The first-order valence-electron chi connectivity index (χ1n) is 7.49. The van der Waals surface area contributed by atoms with Gasteiger partial charge in [0.05, 0.1) is 16.6 Å². The smallest absolute Gasteiger partial charge is 0.190 e. The fourth-order valence-corrected chi connectivity index (χ4v) is 2.96. The Kier molecular flexibility index (Phi) is 3.80. The molecule has 120 valence electrons. The minimum Gasteiger partial charge on any atom is -0.383 e. The van der Waals surface area contributed by atoms with Gasteiger partial charge in [0, 0.05) is 5.56 Å². The van der Waals surface area contributed by atoms with Gasteiger partial charge in [0.2, 0.25) is 0 Å². The van der Waals surface area contributed by atoms with Crippen LogP contribution in [0.3, 0.4) is 0 Å². The van der Waals surface area contributed by atoms with Gasteiger partial charge < -0.3 is 5.73 Å². The van der Waals surface area contributed by atoms with Crippen molar-refractivity contribution < 1.29 is 0 Å². The zero-order chi connectivity index (χ0) is 16.8. The van der Waals surface area contributed by atoms with Crippen molar-refractivity contribution in [2.75, 3.05) is 12.0 Å². The highest BCUT2D eigenvalue weighted by Gasteiger charge is 2.24. The number of nitrogen functional groups attached to an aromatic ring is 1. The Bertz CT molecular complexity index is 877. The van der Waals surface area contributed by atoms with Gasteiger partial charge in [-0.1, -0.05) is 35.5 Å². The zero-order valence-electron chi connectivity index (χ0n) is 14.1. The van der Waals surface area contributed by atoms with E-state index in [0.717, 1.165) is 16.6 Å². The number of hydrogen-bond donors (Lipinski definition) is 1. The molecule has 0 aliphatic heterocycles. The highest BCUT2D eigenvalue weighted by atomic mass is 32.2. The van der Waals surface area contributed by atoms with Crippen LogP contribution in [0, 0.1) is 6.92 Å². The number of anilines is 1. The summed E-state index contributed by atoms with van der Waals surface area (Å²) in [6.07, 6.45) is 1.96. The van der Waals surface area contributed by atoms with Gasteiger partial charge in [-0.15, -0.1) is 5.10 Å². The highest BCUT2D eigenvalue weighted by Crippen LogP contribution is 2.34. The summed E-state index contributed by atoms with van der Waals surface area (Å²) in [5.74, 6) is 0.608. The Morgan fingerprint density at radius 3 is 2.52 bits per heavy atom. The summed E-state index contributed by atoms with van der Waals surface area (Å²) in [5.41, 5.74) is 9.90. The van der Waals surface area contributed by atoms with E-state index in [4.69, 9.17) is 10.7 Å². The van der Waals surface area contributed by atoms with Crippen molar-refractivity contribution in [3.05, 3.63) is 29.8 Å². The maximum Gasteiger partial charge on any atom is 0.190 e. The van der Waals surface area contributed by atoms with Crippen molar-refractivity contribution in [3.63, 3.8) is 0 Å². The number of rotatable bonds is 2. The average Bonchev–Trinajstić information content (AvgIpc) is 2.83. The van der Waals surface area contributed by atoms with E-state index in [0.29, 0.717) is 16.6 Å². The van der Waals surface area contributed by atoms with E-state index in [9.17, 15) is 0 Å². The summed E-state index contributed by atoms with van der Waals surface area (Å²) in [6.45, 7) is 8.29. The highest BCUT2D eigenvalue weighted by molar-refractivity contribution is 7.98. The summed E-state index contributed by atoms with van der Waals surface area (Å²) in [7, 11) is 0. The van der Waals surface area contributed by atoms with E-state index in [1.165, 1.54) is 17.3 Å². The summed E-state index contributed by atoms with van der Waals surface area (Å²) >= 11 is 1.51. The molecular formula is C17H21N5S. The maximum absolute atomic E-state index is 6.41. The first-order chi connectivity index (χ1) is 10.8. The first kappa shape index (κ1) is 15.8. The predicted octanol–water partition coefficient (Wildman–Crippen LogP) is 3.86. The van der Waals surface area contributed by atoms with Gasteiger partial charge in [0.1, 0.15) is 5.82 Å². The quantitative estimate of drug-likeness (QED) is 0.572. The van der Waals surface area contributed by atoms with Gasteiger partial charge in [-0.3, -0.25) is 0 Å². The monoisotopic (exact) mass is 327 g/mol. The normalized spacial score (nSPS) is 12.0. The second-order valence-electron chi connectivity index (χ2n) is 6.59. The van der Waals surface area contributed by atoms with Crippen LogP contribution < -0.4 is 5.73 Å². The molecule has 0 unspecified atom stereocenters. The van der Waals surface area contributed by atoms with Crippen LogP contribution in [0.2, 0.25) is 0 Å². The number of benzene rings is 1. The second-order valence-corrected chi connectivity index (χ2v) is 7.37. The molecular weight excluding hydrogens is 306 g/mol. The molecule has 2 heterocycles. The summed E-state index contributed by atoms with van der Waals surface area (Å²) in [4.78, 5) is 9.24. The minimum atomic E-state index is -0.214. The van der Waals surface area contributed by atoms with E-state index < -0.39 is 0 Å². The van der Waals surface area contributed by atoms with Gasteiger partial charge in [0.15, 0.2) is 10.8 Å². The molecule has 6 heteroatoms. The van der Waals surface area contributed by atoms with Crippen molar-refractivity contribution in [1.29, 1.82) is 0 Å². The molecule has 0 bridgehead atoms. The molecule has 0 aliphatic rings. The van der Waals surface area contributed by atoms with Crippen LogP contribution in [-0.4, -0.2) is 26.0 Å². The third kappa shape index (κ3) is 2.79. The van der Waals surface area contributed by atoms with Crippen LogP contribution in [0.4, 0.5) is 5.82 Å². The Hall–Kier alpha value is -2.08. The number of aryl methyl sites for hydroxylation is 1. The molecule has 0 aliphatic carbocycles. The molecule has 0 amide bonds. The Balaban J connectivity index is 2.38. The lowest BCUT2D eigenvalue weighted by molar-refractivity contribution is 0.364. The lowest BCUT2D eigenvalue weighted by atomic mass is 10.1. The minimum absolute atomic E-state index is 0.214. The standard InChI is InChI=1S/C17H21N5S/c1-10-7-6-8-11(9-10)13-12-14(18)22(17(2,3)4)21-15(12)20-16(19-13)23-5/h6-9H,18H2,1-5H3. The molecule has 0 spiro atoms. The molecule has 2 N–H and O–H groups in total. The number of thioether (sulfide) groups is 1. The molecule has 0 saturated heterocycles. The number of fused-ring (bicyclic) bond motifs is 1. The third-order valence-corrected chi connectivity index (χ3v) is 4.21. The SMILES string of the molecule is CSc1nc(-c2cccc(C)c2)c2c(N)n(C(C)(C)C)nc2n1. The van der Waals surface area contributed by atoms with Gasteiger partial charge in [0.25, 0.3) is 0 Å². The average molecular weight is 327 g/mol. The van der Waals surface area contributed by atoms with Crippen molar-refractivity contribution in [3.8, 4) is 11.3 Å². The van der Waals surface area contributed by atoms with E-state index in [1.807, 2.05) is 23.1 Å². The number of aromatic nitrogens is 4. The van der Waals surface area contributed by atoms with Crippen molar-refractivity contribution >= 4 is 28.6 Å². The van der Waals surface area contributed by atoms with Gasteiger partial charge in [-0.2, -0.15) is 0 Å². The van der Waals surface area contributed by atoms with E-state index in [-0.39, 0.29) is 5.54 Å². The molecule has 3 rings (SSSR count). The molecule has 0 saturated carbocycles. The maximum atomic E-state index is 6.41. The van der Waals surface area contributed by atoms with Crippen LogP contribution in [-0.2, 0) is 5.54 Å². The van der Waals surface area contributed by atoms with Gasteiger partial charge in [-0.25, -0.2) is 14.6 Å². The fraction of sp³-hybridized carbons (Fsp3) is 0.353. The molecule has 23 heavy (non-hydrogen) atoms. The summed E-state index contributed by atoms with van der Waals surface area (Å²) in [6, 6.07) is 8.26. The van der Waals surface area contributed by atoms with E-state index >= 15 is 0 Å². The van der Waals surface area contributed by atoms with Crippen molar-refractivity contribution in [2.24, 2.45) is 0 Å². The lowest BCUT2D eigenvalue weighted by Crippen LogP contribution is -2.24. The van der Waals surface area contributed by atoms with Gasteiger partial charge in [-0.05, 0) is 40.0 Å². The molecule has 0 fully saturated rings. The largest absolute Gasteiger partial charge is 0.383 e. The zero-order valence-corrected chi connectivity index (χ0v) is 14.9. The topological polar surface area (TPSA) is 69.6 Å². The molecule has 0 atom stereocenters. The lowest BCUT2D eigenvalue weighted by Gasteiger charge is -2.20. The number of hydrogen-bond acceptors (Lipinski definition) is 5. The molecule has 3 aromatic rings. The van der Waals surface area contributed by atoms with Crippen LogP contribution in [0.5, 0.6) is 0 Å². The molecule has 1 aromatic carbocycles. The fourth-order valence-electron chi connectivity index (χ4n) is 2.60. The van der Waals surface area contributed by atoms with Crippen molar-refractivity contribution in [1.82, 2.24) is 19.7 Å².